The van der Waals surface area contributed by atoms with E-state index >= 15 is 0 Å². The van der Waals surface area contributed by atoms with Gasteiger partial charge in [-0.25, -0.2) is 0 Å². The standard InChI is InChI=1S/C28H29NO2/c1-16-11-12-22-23(13-16)30-26-21-10-8-9-17(2)25(21)31-27(26)29(22)24-18(3)14-20(15-19(24)4)28(5,6)7/h8-15H,1-7H3. The van der Waals surface area contributed by atoms with Crippen LogP contribution in [0.5, 0.6) is 11.5 Å². The van der Waals surface area contributed by atoms with E-state index in [9.17, 15) is 0 Å². The van der Waals surface area contributed by atoms with Crippen molar-refractivity contribution in [2.45, 2.75) is 53.9 Å². The fraction of sp³-hybridized carbons (Fsp3) is 0.286. The topological polar surface area (TPSA) is 25.6 Å². The molecule has 0 unspecified atom stereocenters. The summed E-state index contributed by atoms with van der Waals surface area (Å²) in [5.74, 6) is 2.39. The molecule has 3 nitrogen and oxygen atoms in total. The second-order valence-corrected chi connectivity index (χ2v) is 9.81. The third-order valence-corrected chi connectivity index (χ3v) is 6.20. The minimum atomic E-state index is 0.0930. The molecule has 4 aromatic rings. The van der Waals surface area contributed by atoms with E-state index in [2.05, 4.69) is 102 Å². The van der Waals surface area contributed by atoms with E-state index in [1.54, 1.807) is 0 Å². The Labute approximate surface area is 184 Å². The summed E-state index contributed by atoms with van der Waals surface area (Å²) in [5.41, 5.74) is 9.19. The van der Waals surface area contributed by atoms with E-state index in [-0.39, 0.29) is 5.41 Å². The largest absolute Gasteiger partial charge is 0.449 e. The van der Waals surface area contributed by atoms with Gasteiger partial charge in [0.05, 0.1) is 16.8 Å². The van der Waals surface area contributed by atoms with E-state index in [1.165, 1.54) is 22.3 Å². The summed E-state index contributed by atoms with van der Waals surface area (Å²) >= 11 is 0. The highest BCUT2D eigenvalue weighted by molar-refractivity contribution is 5.98. The van der Waals surface area contributed by atoms with Crippen LogP contribution < -0.4 is 9.64 Å². The molecular weight excluding hydrogens is 382 g/mol. The van der Waals surface area contributed by atoms with Crippen molar-refractivity contribution in [1.29, 1.82) is 0 Å². The van der Waals surface area contributed by atoms with E-state index in [4.69, 9.17) is 9.15 Å². The lowest BCUT2D eigenvalue weighted by Gasteiger charge is -2.33. The summed E-state index contributed by atoms with van der Waals surface area (Å²) < 4.78 is 12.9. The van der Waals surface area contributed by atoms with E-state index in [0.29, 0.717) is 0 Å². The molecule has 0 spiro atoms. The smallest absolute Gasteiger partial charge is 0.249 e. The van der Waals surface area contributed by atoms with Crippen LogP contribution in [0.2, 0.25) is 0 Å². The van der Waals surface area contributed by atoms with Gasteiger partial charge in [-0.05, 0) is 79.1 Å². The van der Waals surface area contributed by atoms with Gasteiger partial charge in [0.25, 0.3) is 0 Å². The molecule has 5 rings (SSSR count). The summed E-state index contributed by atoms with van der Waals surface area (Å²) in [7, 11) is 0. The maximum Gasteiger partial charge on any atom is 0.249 e. The number of para-hydroxylation sites is 1. The Bertz CT molecular complexity index is 1310. The zero-order valence-electron chi connectivity index (χ0n) is 19.4. The van der Waals surface area contributed by atoms with Gasteiger partial charge < -0.3 is 9.15 Å². The first-order valence-corrected chi connectivity index (χ1v) is 10.9. The van der Waals surface area contributed by atoms with Crippen molar-refractivity contribution in [3.8, 4) is 11.5 Å². The number of aryl methyl sites for hydroxylation is 4. The molecular formula is C28H29NO2. The molecule has 0 fully saturated rings. The van der Waals surface area contributed by atoms with Crippen molar-refractivity contribution in [2.24, 2.45) is 0 Å². The monoisotopic (exact) mass is 411 g/mol. The van der Waals surface area contributed by atoms with Crippen LogP contribution in [-0.4, -0.2) is 0 Å². The Morgan fingerprint density at radius 1 is 0.806 bits per heavy atom. The molecule has 31 heavy (non-hydrogen) atoms. The van der Waals surface area contributed by atoms with Gasteiger partial charge in [0, 0.05) is 0 Å². The van der Waals surface area contributed by atoms with Gasteiger partial charge in [-0.1, -0.05) is 51.1 Å². The second-order valence-electron chi connectivity index (χ2n) is 9.81. The third-order valence-electron chi connectivity index (χ3n) is 6.20. The second kappa shape index (κ2) is 6.65. The number of ether oxygens (including phenoxy) is 1. The average molecular weight is 412 g/mol. The van der Waals surface area contributed by atoms with Gasteiger partial charge >= 0.3 is 0 Å². The van der Waals surface area contributed by atoms with Crippen LogP contribution in [0.4, 0.5) is 17.3 Å². The van der Waals surface area contributed by atoms with Crippen LogP contribution in [0.3, 0.4) is 0 Å². The van der Waals surface area contributed by atoms with Crippen LogP contribution in [0.15, 0.2) is 52.9 Å². The zero-order valence-corrected chi connectivity index (χ0v) is 19.4. The predicted molar refractivity (Wildman–Crippen MR) is 129 cm³/mol. The summed E-state index contributed by atoms with van der Waals surface area (Å²) in [6.07, 6.45) is 0. The summed E-state index contributed by atoms with van der Waals surface area (Å²) in [6.45, 7) is 15.3. The van der Waals surface area contributed by atoms with Crippen LogP contribution in [0.1, 0.15) is 48.6 Å². The van der Waals surface area contributed by atoms with Crippen molar-refractivity contribution in [1.82, 2.24) is 0 Å². The van der Waals surface area contributed by atoms with Gasteiger partial charge in [-0.3, -0.25) is 4.90 Å². The minimum Gasteiger partial charge on any atom is -0.449 e. The van der Waals surface area contributed by atoms with Crippen molar-refractivity contribution in [3.63, 3.8) is 0 Å². The first kappa shape index (κ1) is 19.7. The van der Waals surface area contributed by atoms with Gasteiger partial charge in [-0.2, -0.15) is 0 Å². The molecule has 1 aliphatic rings. The van der Waals surface area contributed by atoms with Crippen molar-refractivity contribution in [3.05, 3.63) is 76.3 Å². The molecule has 0 N–H and O–H groups in total. The lowest BCUT2D eigenvalue weighted by Crippen LogP contribution is -2.18. The fourth-order valence-electron chi connectivity index (χ4n) is 4.54. The summed E-state index contributed by atoms with van der Waals surface area (Å²) in [4.78, 5) is 2.24. The molecule has 0 aliphatic carbocycles. The molecule has 0 radical (unpaired) electrons. The summed E-state index contributed by atoms with van der Waals surface area (Å²) in [5, 5.41) is 1.01. The van der Waals surface area contributed by atoms with Crippen molar-refractivity contribution in [2.75, 3.05) is 4.90 Å². The van der Waals surface area contributed by atoms with Crippen LogP contribution in [0, 0.1) is 27.7 Å². The van der Waals surface area contributed by atoms with E-state index in [1.807, 2.05) is 0 Å². The molecule has 3 aromatic carbocycles. The van der Waals surface area contributed by atoms with Gasteiger partial charge in [0.15, 0.2) is 11.5 Å². The SMILES string of the molecule is Cc1ccc2c(c1)Oc1c(oc3c(C)cccc13)N2c1c(C)cc(C(C)(C)C)cc1C. The average Bonchev–Trinajstić information content (AvgIpc) is 3.05. The number of nitrogens with zero attached hydrogens (tertiary/aromatic N) is 1. The number of hydrogen-bond acceptors (Lipinski definition) is 3. The highest BCUT2D eigenvalue weighted by Crippen LogP contribution is 2.56. The van der Waals surface area contributed by atoms with Gasteiger partial charge in [0.2, 0.25) is 5.88 Å². The molecule has 3 heteroatoms. The van der Waals surface area contributed by atoms with Crippen molar-refractivity contribution >= 4 is 28.2 Å². The predicted octanol–water partition coefficient (Wildman–Crippen LogP) is 8.54. The lowest BCUT2D eigenvalue weighted by molar-refractivity contribution is 0.463. The number of hydrogen-bond donors (Lipinski definition) is 0. The van der Waals surface area contributed by atoms with E-state index < -0.39 is 0 Å². The fourth-order valence-corrected chi connectivity index (χ4v) is 4.54. The quantitative estimate of drug-likeness (QED) is 0.276. The molecule has 0 atom stereocenters. The van der Waals surface area contributed by atoms with Crippen LogP contribution in [0.25, 0.3) is 11.0 Å². The van der Waals surface area contributed by atoms with Crippen molar-refractivity contribution < 1.29 is 9.15 Å². The highest BCUT2D eigenvalue weighted by atomic mass is 16.5. The normalized spacial score (nSPS) is 13.2. The molecule has 0 amide bonds. The minimum absolute atomic E-state index is 0.0930. The Morgan fingerprint density at radius 3 is 2.19 bits per heavy atom. The zero-order chi connectivity index (χ0) is 22.1. The first-order valence-electron chi connectivity index (χ1n) is 10.9. The molecule has 0 saturated carbocycles. The highest BCUT2D eigenvalue weighted by Gasteiger charge is 2.34. The Kier molecular flexibility index (Phi) is 4.23. The molecule has 0 saturated heterocycles. The third kappa shape index (κ3) is 3.03. The molecule has 1 aliphatic heterocycles. The number of rotatable bonds is 1. The maximum absolute atomic E-state index is 6.48. The molecule has 0 bridgehead atoms. The van der Waals surface area contributed by atoms with Gasteiger partial charge in [-0.15, -0.1) is 0 Å². The first-order chi connectivity index (χ1) is 14.6. The number of fused-ring (bicyclic) bond motifs is 4. The molecule has 2 heterocycles. The Morgan fingerprint density at radius 2 is 1.52 bits per heavy atom. The summed E-state index contributed by atoms with van der Waals surface area (Å²) in [6, 6.07) is 17.2. The number of furan rings is 1. The van der Waals surface area contributed by atoms with Crippen LogP contribution in [-0.2, 0) is 5.41 Å². The van der Waals surface area contributed by atoms with E-state index in [0.717, 1.165) is 45.3 Å². The lowest BCUT2D eigenvalue weighted by atomic mass is 9.84. The molecule has 158 valence electrons. The molecule has 1 aromatic heterocycles. The van der Waals surface area contributed by atoms with Crippen LogP contribution >= 0.6 is 0 Å². The number of anilines is 3. The Balaban J connectivity index is 1.82. The van der Waals surface area contributed by atoms with Gasteiger partial charge in [0.1, 0.15) is 5.58 Å². The Hall–Kier alpha value is -3.20. The maximum atomic E-state index is 6.48. The number of benzene rings is 3.